The number of sulfonamides is 1. The van der Waals surface area contributed by atoms with Crippen LogP contribution in [-0.2, 0) is 19.9 Å². The molecule has 0 radical (unpaired) electrons. The van der Waals surface area contributed by atoms with Gasteiger partial charge in [0.2, 0.25) is 10.0 Å². The molecule has 1 heterocycles. The number of aromatic nitrogens is 1. The van der Waals surface area contributed by atoms with Crippen LogP contribution in [0.1, 0.15) is 63.7 Å². The topological polar surface area (TPSA) is 108 Å². The molecule has 41 heavy (non-hydrogen) atoms. The monoisotopic (exact) mass is 622 g/mol. The van der Waals surface area contributed by atoms with E-state index in [1.165, 1.54) is 33.8 Å². The fraction of sp³-hybridized carbons (Fsp3) is 0.517. The van der Waals surface area contributed by atoms with E-state index in [2.05, 4.69) is 23.7 Å². The molecule has 3 rings (SSSR count). The summed E-state index contributed by atoms with van der Waals surface area (Å²) in [6.07, 6.45) is 4.50. The van der Waals surface area contributed by atoms with Gasteiger partial charge in [-0.25, -0.2) is 21.8 Å². The Hall–Kier alpha value is -2.38. The summed E-state index contributed by atoms with van der Waals surface area (Å²) in [5.74, 6) is -0.324. The van der Waals surface area contributed by atoms with Crippen molar-refractivity contribution >= 4 is 52.5 Å². The maximum Gasteiger partial charge on any atom is 0.260 e. The number of unbranched alkanes of at least 4 members (excludes halogenated alkanes) is 2. The first-order valence-corrected chi connectivity index (χ1v) is 18.4. The molecule has 0 aliphatic rings. The lowest BCUT2D eigenvalue weighted by atomic mass is 10.2. The zero-order valence-corrected chi connectivity index (χ0v) is 27.1. The van der Waals surface area contributed by atoms with Crippen LogP contribution < -0.4 is 4.90 Å². The van der Waals surface area contributed by atoms with E-state index in [1.54, 1.807) is 29.2 Å². The second kappa shape index (κ2) is 14.7. The Labute approximate surface area is 249 Å². The molecule has 0 bridgehead atoms. The van der Waals surface area contributed by atoms with Crippen molar-refractivity contribution in [3.05, 3.63) is 48.0 Å². The maximum absolute atomic E-state index is 13.9. The van der Waals surface area contributed by atoms with Crippen molar-refractivity contribution < 1.29 is 21.6 Å². The van der Waals surface area contributed by atoms with E-state index in [-0.39, 0.29) is 15.7 Å². The molecule has 0 saturated carbocycles. The minimum atomic E-state index is -3.69. The lowest BCUT2D eigenvalue weighted by molar-refractivity contribution is 0.0983. The van der Waals surface area contributed by atoms with E-state index in [0.717, 1.165) is 45.0 Å². The van der Waals surface area contributed by atoms with Crippen LogP contribution in [0.5, 0.6) is 0 Å². The molecule has 1 aromatic heterocycles. The highest BCUT2D eigenvalue weighted by Gasteiger charge is 2.27. The van der Waals surface area contributed by atoms with Crippen LogP contribution in [0, 0.1) is 0 Å². The van der Waals surface area contributed by atoms with Crippen molar-refractivity contribution in [1.82, 2.24) is 14.2 Å². The third kappa shape index (κ3) is 8.13. The lowest BCUT2D eigenvalue weighted by Crippen LogP contribution is -2.39. The zero-order chi connectivity index (χ0) is 30.2. The second-order valence-corrected chi connectivity index (χ2v) is 14.9. The van der Waals surface area contributed by atoms with E-state index in [0.29, 0.717) is 47.1 Å². The van der Waals surface area contributed by atoms with Gasteiger partial charge in [-0.2, -0.15) is 4.31 Å². The summed E-state index contributed by atoms with van der Waals surface area (Å²) in [7, 11) is -7.20. The number of hydrogen-bond donors (Lipinski definition) is 0. The van der Waals surface area contributed by atoms with Crippen LogP contribution >= 0.6 is 11.3 Å². The first-order valence-electron chi connectivity index (χ1n) is 14.2. The molecule has 0 atom stereocenters. The normalized spacial score (nSPS) is 12.5. The summed E-state index contributed by atoms with van der Waals surface area (Å²) in [6.45, 7) is 11.7. The molecule has 0 saturated heterocycles. The van der Waals surface area contributed by atoms with Gasteiger partial charge in [-0.1, -0.05) is 57.9 Å². The first kappa shape index (κ1) is 33.1. The molecule has 12 heteroatoms. The molecule has 0 spiro atoms. The van der Waals surface area contributed by atoms with Gasteiger partial charge >= 0.3 is 0 Å². The lowest BCUT2D eigenvalue weighted by Gasteiger charge is -2.25. The number of anilines is 1. The van der Waals surface area contributed by atoms with Gasteiger partial charge in [0.25, 0.3) is 5.91 Å². The number of nitrogens with zero attached hydrogens (tertiary/aromatic N) is 4. The minimum absolute atomic E-state index is 0.124. The molecule has 2 aromatic carbocycles. The van der Waals surface area contributed by atoms with Crippen molar-refractivity contribution in [2.24, 2.45) is 0 Å². The molecule has 1 amide bonds. The van der Waals surface area contributed by atoms with Crippen LogP contribution in [0.15, 0.2) is 52.3 Å². The summed E-state index contributed by atoms with van der Waals surface area (Å²) in [6, 6.07) is 11.1. The van der Waals surface area contributed by atoms with E-state index < -0.39 is 19.9 Å². The average molecular weight is 623 g/mol. The second-order valence-electron chi connectivity index (χ2n) is 9.99. The van der Waals surface area contributed by atoms with Gasteiger partial charge < -0.3 is 4.90 Å². The van der Waals surface area contributed by atoms with E-state index in [9.17, 15) is 21.6 Å². The quantitative estimate of drug-likeness (QED) is 0.214. The molecule has 0 unspecified atom stereocenters. The molecular formula is C29H42N4O5S3. The number of likely N-dealkylation sites (N-methyl/N-ethyl adjacent to an activating group) is 1. The molecular weight excluding hydrogens is 581 g/mol. The van der Waals surface area contributed by atoms with Crippen LogP contribution in [0.2, 0.25) is 0 Å². The fourth-order valence-electron chi connectivity index (χ4n) is 4.49. The number of rotatable bonds is 16. The fourth-order valence-corrected chi connectivity index (χ4v) is 7.92. The number of benzene rings is 2. The summed E-state index contributed by atoms with van der Waals surface area (Å²) in [5.41, 5.74) is 0.677. The van der Waals surface area contributed by atoms with Crippen molar-refractivity contribution in [1.29, 1.82) is 0 Å². The predicted molar refractivity (Wildman–Crippen MR) is 167 cm³/mol. The average Bonchev–Trinajstić information content (AvgIpc) is 3.38. The maximum atomic E-state index is 13.9. The van der Waals surface area contributed by atoms with Crippen LogP contribution in [-0.4, -0.2) is 82.5 Å². The van der Waals surface area contributed by atoms with Gasteiger partial charge in [-0.05, 0) is 62.3 Å². The van der Waals surface area contributed by atoms with E-state index >= 15 is 0 Å². The van der Waals surface area contributed by atoms with Crippen LogP contribution in [0.3, 0.4) is 0 Å². The molecule has 9 nitrogen and oxygen atoms in total. The molecule has 3 aromatic rings. The number of hydrogen-bond acceptors (Lipinski definition) is 8. The van der Waals surface area contributed by atoms with Gasteiger partial charge in [0, 0.05) is 38.0 Å². The van der Waals surface area contributed by atoms with Gasteiger partial charge in [0.05, 0.1) is 14.5 Å². The highest BCUT2D eigenvalue weighted by Crippen LogP contribution is 2.33. The molecule has 0 aliphatic heterocycles. The smallest absolute Gasteiger partial charge is 0.260 e. The highest BCUT2D eigenvalue weighted by atomic mass is 32.2. The van der Waals surface area contributed by atoms with Gasteiger partial charge in [-0.3, -0.25) is 9.69 Å². The van der Waals surface area contributed by atoms with E-state index in [4.69, 9.17) is 0 Å². The molecule has 0 fully saturated rings. The summed E-state index contributed by atoms with van der Waals surface area (Å²) in [5, 5.41) is 0.398. The Kier molecular flexibility index (Phi) is 11.9. The Morgan fingerprint density at radius 2 is 1.44 bits per heavy atom. The van der Waals surface area contributed by atoms with Gasteiger partial charge in [0.1, 0.15) is 5.52 Å². The van der Waals surface area contributed by atoms with Crippen molar-refractivity contribution in [2.45, 2.75) is 63.2 Å². The molecule has 0 N–H and O–H groups in total. The van der Waals surface area contributed by atoms with E-state index in [1.807, 2.05) is 13.8 Å². The number of carbonyl (C=O) groups excluding carboxylic acids is 1. The highest BCUT2D eigenvalue weighted by molar-refractivity contribution is 7.91. The van der Waals surface area contributed by atoms with Crippen LogP contribution in [0.25, 0.3) is 10.2 Å². The number of thiazole rings is 1. The predicted octanol–water partition coefficient (Wildman–Crippen LogP) is 5.28. The Morgan fingerprint density at radius 1 is 0.829 bits per heavy atom. The summed E-state index contributed by atoms with van der Waals surface area (Å²) in [4.78, 5) is 22.5. The Balaban J connectivity index is 1.98. The van der Waals surface area contributed by atoms with Crippen molar-refractivity contribution in [3.8, 4) is 0 Å². The number of fused-ring (bicyclic) bond motifs is 1. The number of carbonyl (C=O) groups is 1. The summed E-state index contributed by atoms with van der Waals surface area (Å²) >= 11 is 1.26. The third-order valence-corrected chi connectivity index (χ3v) is 11.1. The molecule has 226 valence electrons. The summed E-state index contributed by atoms with van der Waals surface area (Å²) < 4.78 is 53.8. The SMILES string of the molecule is CCCCN(CCCC)S(=O)(=O)c1ccc(C(=O)N(CCN(CC)CC)c2nc3c(S(C)(=O)=O)cccc3s2)cc1. The first-order chi connectivity index (χ1) is 19.5. The number of para-hydroxylation sites is 1. The van der Waals surface area contributed by atoms with Gasteiger partial charge in [-0.15, -0.1) is 0 Å². The van der Waals surface area contributed by atoms with Crippen molar-refractivity contribution in [2.75, 3.05) is 50.4 Å². The third-order valence-electron chi connectivity index (χ3n) is 7.04. The standard InChI is InChI=1S/C29H42N4O5S3/c1-6-10-19-32(20-11-7-2)41(37,38)24-17-15-23(16-18-24)28(34)33(22-21-31(8-3)9-4)29-30-27-25(39-29)13-12-14-26(27)40(5,35)36/h12-18H,6-11,19-22H2,1-5H3. The Morgan fingerprint density at radius 3 is 1.98 bits per heavy atom. The molecule has 0 aliphatic carbocycles. The number of sulfone groups is 1. The zero-order valence-electron chi connectivity index (χ0n) is 24.7. The van der Waals surface area contributed by atoms with Crippen LogP contribution in [0.4, 0.5) is 5.13 Å². The van der Waals surface area contributed by atoms with Crippen molar-refractivity contribution in [3.63, 3.8) is 0 Å². The number of amides is 1. The minimum Gasteiger partial charge on any atom is -0.302 e. The van der Waals surface area contributed by atoms with Gasteiger partial charge in [0.15, 0.2) is 15.0 Å². The Bertz CT molecular complexity index is 1510. The largest absolute Gasteiger partial charge is 0.302 e.